The van der Waals surface area contributed by atoms with Crippen molar-refractivity contribution in [3.05, 3.63) is 130 Å². The Morgan fingerprint density at radius 3 is 1.14 bits per heavy atom. The standard InChI is InChI=1S/C37H38/c1-35(2,3)31-19-17-29(27-21-23-13-9-11-15-25(23)33(27)31)37(7,8)30-18-20-32(36(4,5)6)34-26-16-12-10-14-24(26)22-28(30)34/h9-22H,1-8H3. The molecule has 2 aliphatic carbocycles. The number of benzene rings is 4. The van der Waals surface area contributed by atoms with E-state index in [9.17, 15) is 0 Å². The van der Waals surface area contributed by atoms with Crippen LogP contribution in [0.1, 0.15) is 99.9 Å². The molecule has 0 heteroatoms. The molecule has 37 heavy (non-hydrogen) atoms. The van der Waals surface area contributed by atoms with Crippen LogP contribution in [0.4, 0.5) is 0 Å². The summed E-state index contributed by atoms with van der Waals surface area (Å²) in [4.78, 5) is 0. The van der Waals surface area contributed by atoms with Gasteiger partial charge in [0.05, 0.1) is 0 Å². The minimum absolute atomic E-state index is 0.0725. The summed E-state index contributed by atoms with van der Waals surface area (Å²) in [7, 11) is 0. The first-order valence-electron chi connectivity index (χ1n) is 13.6. The van der Waals surface area contributed by atoms with Crippen LogP contribution in [0.3, 0.4) is 0 Å². The van der Waals surface area contributed by atoms with Crippen molar-refractivity contribution >= 4 is 0 Å². The summed E-state index contributed by atoms with van der Waals surface area (Å²) >= 11 is 0. The number of hydrogen-bond donors (Lipinski definition) is 0. The molecule has 0 heterocycles. The van der Waals surface area contributed by atoms with Crippen LogP contribution in [0.2, 0.25) is 0 Å². The summed E-state index contributed by atoms with van der Waals surface area (Å²) in [5, 5.41) is 0. The third-order valence-corrected chi connectivity index (χ3v) is 8.51. The molecule has 0 unspecified atom stereocenters. The number of hydrogen-bond acceptors (Lipinski definition) is 0. The summed E-state index contributed by atoms with van der Waals surface area (Å²) in [5.41, 5.74) is 16.7. The van der Waals surface area contributed by atoms with Crippen LogP contribution in [0.5, 0.6) is 0 Å². The molecule has 186 valence electrons. The van der Waals surface area contributed by atoms with Gasteiger partial charge < -0.3 is 0 Å². The van der Waals surface area contributed by atoms with Crippen molar-refractivity contribution in [2.75, 3.05) is 0 Å². The Bertz CT molecular complexity index is 1430. The molecule has 0 aliphatic heterocycles. The first kappa shape index (κ1) is 24.2. The summed E-state index contributed by atoms with van der Waals surface area (Å²) in [5.74, 6) is 0. The second kappa shape index (κ2) is 7.94. The normalized spacial score (nSPS) is 14.3. The van der Waals surface area contributed by atoms with Crippen molar-refractivity contribution in [3.8, 4) is 22.3 Å². The predicted octanol–water partition coefficient (Wildman–Crippen LogP) is 9.77. The Kier molecular flexibility index (Phi) is 5.20. The third kappa shape index (κ3) is 3.63. The van der Waals surface area contributed by atoms with Gasteiger partial charge in [-0.2, -0.15) is 0 Å². The first-order chi connectivity index (χ1) is 17.4. The fourth-order valence-corrected chi connectivity index (χ4v) is 6.62. The molecule has 0 amide bonds. The highest BCUT2D eigenvalue weighted by Crippen LogP contribution is 2.52. The SMILES string of the molecule is CC(C)(C)c1ccc(C(C)(C)c2ccc(C(C)(C)C)c3c2[CH]c2ccccc2-3)c2c1-c1ccccc1[CH]2. The van der Waals surface area contributed by atoms with Crippen LogP contribution < -0.4 is 0 Å². The average molecular weight is 483 g/mol. The third-order valence-electron chi connectivity index (χ3n) is 8.51. The Labute approximate surface area is 223 Å². The average Bonchev–Trinajstić information content (AvgIpc) is 3.40. The zero-order chi connectivity index (χ0) is 26.3. The number of rotatable bonds is 2. The molecule has 0 bridgehead atoms. The van der Waals surface area contributed by atoms with E-state index in [0.29, 0.717) is 0 Å². The lowest BCUT2D eigenvalue weighted by molar-refractivity contribution is 0.585. The molecule has 6 rings (SSSR count). The van der Waals surface area contributed by atoms with Gasteiger partial charge in [-0.15, -0.1) is 0 Å². The Balaban J connectivity index is 1.60. The molecule has 0 aromatic heterocycles. The molecule has 2 radical (unpaired) electrons. The molecule has 0 nitrogen and oxygen atoms in total. The summed E-state index contributed by atoms with van der Waals surface area (Å²) in [6, 6.07) is 27.4. The van der Waals surface area contributed by atoms with Gasteiger partial charge in [-0.3, -0.25) is 0 Å². The highest BCUT2D eigenvalue weighted by atomic mass is 14.4. The van der Waals surface area contributed by atoms with Crippen LogP contribution in [-0.4, -0.2) is 0 Å². The van der Waals surface area contributed by atoms with E-state index < -0.39 is 0 Å². The maximum atomic E-state index is 2.43. The van der Waals surface area contributed by atoms with E-state index in [1.54, 1.807) is 0 Å². The zero-order valence-corrected chi connectivity index (χ0v) is 23.6. The van der Waals surface area contributed by atoms with Crippen LogP contribution in [0, 0.1) is 12.8 Å². The Hall–Kier alpha value is -3.12. The monoisotopic (exact) mass is 482 g/mol. The first-order valence-corrected chi connectivity index (χ1v) is 13.6. The molecule has 2 aliphatic rings. The van der Waals surface area contributed by atoms with Crippen molar-refractivity contribution in [2.45, 2.75) is 71.6 Å². The highest BCUT2D eigenvalue weighted by Gasteiger charge is 2.38. The quantitative estimate of drug-likeness (QED) is 0.230. The van der Waals surface area contributed by atoms with Gasteiger partial charge in [0.2, 0.25) is 0 Å². The fourth-order valence-electron chi connectivity index (χ4n) is 6.62. The van der Waals surface area contributed by atoms with Gasteiger partial charge in [0.25, 0.3) is 0 Å². The van der Waals surface area contributed by atoms with Gasteiger partial charge in [-0.05, 0) is 77.6 Å². The maximum absolute atomic E-state index is 2.43. The van der Waals surface area contributed by atoms with Gasteiger partial charge in [0, 0.05) is 18.3 Å². The molecule has 0 fully saturated rings. The second-order valence-electron chi connectivity index (χ2n) is 13.5. The van der Waals surface area contributed by atoms with Crippen molar-refractivity contribution in [1.29, 1.82) is 0 Å². The molecule has 0 saturated heterocycles. The predicted molar refractivity (Wildman–Crippen MR) is 158 cm³/mol. The van der Waals surface area contributed by atoms with E-state index in [1.807, 2.05) is 0 Å². The van der Waals surface area contributed by atoms with Crippen molar-refractivity contribution in [2.24, 2.45) is 0 Å². The number of fused-ring (bicyclic) bond motifs is 6. The van der Waals surface area contributed by atoms with E-state index in [4.69, 9.17) is 0 Å². The Morgan fingerprint density at radius 2 is 0.757 bits per heavy atom. The molecule has 4 aromatic rings. The molecule has 0 N–H and O–H groups in total. The Morgan fingerprint density at radius 1 is 0.405 bits per heavy atom. The van der Waals surface area contributed by atoms with E-state index in [0.717, 1.165) is 0 Å². The fraction of sp³-hybridized carbons (Fsp3) is 0.297. The smallest absolute Gasteiger partial charge is 0.0215 e. The van der Waals surface area contributed by atoms with Gasteiger partial charge in [-0.25, -0.2) is 0 Å². The molecule has 4 aromatic carbocycles. The van der Waals surface area contributed by atoms with Crippen LogP contribution in [0.15, 0.2) is 72.8 Å². The minimum atomic E-state index is -0.169. The van der Waals surface area contributed by atoms with Gasteiger partial charge in [-0.1, -0.05) is 128 Å². The molecule has 0 spiro atoms. The molecular weight excluding hydrogens is 444 g/mol. The molecular formula is C37H38. The summed E-state index contributed by atoms with van der Waals surface area (Å²) in [6.45, 7) is 18.8. The van der Waals surface area contributed by atoms with Gasteiger partial charge in [0.15, 0.2) is 0 Å². The van der Waals surface area contributed by atoms with E-state index in [-0.39, 0.29) is 16.2 Å². The lowest BCUT2D eigenvalue weighted by Crippen LogP contribution is -2.24. The van der Waals surface area contributed by atoms with Crippen LogP contribution in [-0.2, 0) is 16.2 Å². The topological polar surface area (TPSA) is 0 Å². The summed E-state index contributed by atoms with van der Waals surface area (Å²) < 4.78 is 0. The van der Waals surface area contributed by atoms with Crippen molar-refractivity contribution in [1.82, 2.24) is 0 Å². The zero-order valence-electron chi connectivity index (χ0n) is 23.6. The minimum Gasteiger partial charge on any atom is -0.0619 e. The van der Waals surface area contributed by atoms with E-state index in [1.165, 1.54) is 66.8 Å². The lowest BCUT2D eigenvalue weighted by atomic mass is 9.69. The van der Waals surface area contributed by atoms with Crippen LogP contribution >= 0.6 is 0 Å². The molecule has 0 saturated carbocycles. The maximum Gasteiger partial charge on any atom is 0.0215 e. The van der Waals surface area contributed by atoms with E-state index >= 15 is 0 Å². The van der Waals surface area contributed by atoms with Gasteiger partial charge in [0.1, 0.15) is 0 Å². The second-order valence-corrected chi connectivity index (χ2v) is 13.5. The largest absolute Gasteiger partial charge is 0.0619 e. The lowest BCUT2D eigenvalue weighted by Gasteiger charge is -2.34. The summed E-state index contributed by atoms with van der Waals surface area (Å²) in [6.07, 6.45) is 4.86. The molecule has 0 atom stereocenters. The van der Waals surface area contributed by atoms with Crippen molar-refractivity contribution in [3.63, 3.8) is 0 Å². The highest BCUT2D eigenvalue weighted by molar-refractivity contribution is 5.88. The van der Waals surface area contributed by atoms with Crippen molar-refractivity contribution < 1.29 is 0 Å². The van der Waals surface area contributed by atoms with Crippen LogP contribution in [0.25, 0.3) is 22.3 Å². The van der Waals surface area contributed by atoms with Gasteiger partial charge >= 0.3 is 0 Å². The van der Waals surface area contributed by atoms with E-state index in [2.05, 4.69) is 141 Å².